The van der Waals surface area contributed by atoms with Gasteiger partial charge in [-0.3, -0.25) is 5.43 Å². The molecule has 0 aliphatic heterocycles. The molecular weight excluding hydrogens is 173 g/mol. The number of nitrogens with one attached hydrogen (secondary N) is 1. The van der Waals surface area contributed by atoms with Crippen LogP contribution in [0.3, 0.4) is 0 Å². The van der Waals surface area contributed by atoms with Crippen molar-refractivity contribution >= 4 is 18.3 Å². The molecule has 0 aromatic carbocycles. The van der Waals surface area contributed by atoms with Crippen LogP contribution in [0.5, 0.6) is 0 Å². The molecule has 0 radical (unpaired) electrons. The molecule has 0 rings (SSSR count). The highest BCUT2D eigenvalue weighted by molar-refractivity contribution is 8.10. The van der Waals surface area contributed by atoms with Crippen molar-refractivity contribution in [3.05, 3.63) is 12.0 Å². The molecule has 0 atom stereocenters. The summed E-state index contributed by atoms with van der Waals surface area (Å²) in [7, 11) is 1.52. The van der Waals surface area contributed by atoms with Crippen LogP contribution < -0.4 is 5.43 Å². The second kappa shape index (κ2) is 3.78. The molecule has 3 N–H and O–H groups in total. The lowest BCUT2D eigenvalue weighted by Crippen LogP contribution is -1.91. The zero-order valence-electron chi connectivity index (χ0n) is 5.35. The number of rotatable bonds is 3. The first-order chi connectivity index (χ1) is 4.48. The summed E-state index contributed by atoms with van der Waals surface area (Å²) in [6, 6.07) is 0. The van der Waals surface area contributed by atoms with E-state index in [0.717, 1.165) is 0 Å². The average Bonchev–Trinajstić information content (AvgIpc) is 1.80. The fourth-order valence-electron chi connectivity index (χ4n) is 0.166. The molecule has 0 spiro atoms. The van der Waals surface area contributed by atoms with E-state index in [0.29, 0.717) is 0 Å². The Morgan fingerprint density at radius 3 is 2.50 bits per heavy atom. The second-order valence-electron chi connectivity index (χ2n) is 1.38. The van der Waals surface area contributed by atoms with Gasteiger partial charge in [0.2, 0.25) is 6.49 Å². The molecule has 7 heteroatoms. The van der Waals surface area contributed by atoms with E-state index in [2.05, 4.69) is 34.1 Å². The highest BCUT2D eigenvalue weighted by Gasteiger charge is 2.11. The van der Waals surface area contributed by atoms with Crippen molar-refractivity contribution in [1.29, 1.82) is 0 Å². The maximum atomic E-state index is 8.71. The monoisotopic (exact) mass is 181 g/mol. The number of hydrogen-bond donors (Lipinski definition) is 3. The molecule has 0 aliphatic carbocycles. The molecule has 0 fully saturated rings. The minimum Gasteiger partial charge on any atom is -0.341 e. The summed E-state index contributed by atoms with van der Waals surface area (Å²) in [4.78, 5) is 17.4. The Balaban J connectivity index is 4.13. The molecule has 10 heavy (non-hydrogen) atoms. The summed E-state index contributed by atoms with van der Waals surface area (Å²) < 4.78 is 0. The van der Waals surface area contributed by atoms with Gasteiger partial charge in [0.1, 0.15) is 5.44 Å². The van der Waals surface area contributed by atoms with Crippen molar-refractivity contribution in [1.82, 2.24) is 5.43 Å². The first-order valence-corrected chi connectivity index (χ1v) is 5.01. The number of nitrogens with zero attached hydrogens (tertiary/aromatic N) is 2. The molecule has 0 amide bonds. The summed E-state index contributed by atoms with van der Waals surface area (Å²) in [6.07, 6.45) is 0. The number of hydrogen-bond acceptors (Lipinski definition) is 3. The Labute approximate surface area is 63.6 Å². The third-order valence-corrected chi connectivity index (χ3v) is 2.00. The zero-order valence-corrected chi connectivity index (χ0v) is 7.06. The highest BCUT2D eigenvalue weighted by atomic mass is 32.5. The standard InChI is InChI=1S/C3H8N3O2PS/c1-3(5-6-4-2)9(7,8)10/h1H2,2H3,(H,4,5)(H2,7,8,10). The van der Waals surface area contributed by atoms with E-state index in [9.17, 15) is 0 Å². The normalized spacial score (nSPS) is 11.9. The maximum Gasteiger partial charge on any atom is 0.234 e. The first-order valence-electron chi connectivity index (χ1n) is 2.31. The summed E-state index contributed by atoms with van der Waals surface area (Å²) in [5.74, 6) is 0. The quantitative estimate of drug-likeness (QED) is 0.333. The van der Waals surface area contributed by atoms with Crippen molar-refractivity contribution in [2.75, 3.05) is 7.05 Å². The molecule has 0 heterocycles. The Bertz CT molecular complexity index is 198. The lowest BCUT2D eigenvalue weighted by atomic mass is 11.1. The van der Waals surface area contributed by atoms with Gasteiger partial charge in [-0.05, 0) is 11.8 Å². The third-order valence-electron chi connectivity index (χ3n) is 0.602. The zero-order chi connectivity index (χ0) is 8.20. The van der Waals surface area contributed by atoms with Crippen LogP contribution in [0.2, 0.25) is 0 Å². The SMILES string of the molecule is C=C(/N=N\NC)P(O)(O)=S. The van der Waals surface area contributed by atoms with Crippen molar-refractivity contribution in [2.24, 2.45) is 10.3 Å². The molecular formula is C3H8N3O2PS. The highest BCUT2D eigenvalue weighted by Crippen LogP contribution is 2.44. The lowest BCUT2D eigenvalue weighted by molar-refractivity contribution is 0.486. The largest absolute Gasteiger partial charge is 0.341 e. The average molecular weight is 181 g/mol. The third kappa shape index (κ3) is 3.68. The van der Waals surface area contributed by atoms with Gasteiger partial charge in [0.25, 0.3) is 0 Å². The topological polar surface area (TPSA) is 77.2 Å². The van der Waals surface area contributed by atoms with E-state index >= 15 is 0 Å². The van der Waals surface area contributed by atoms with Crippen molar-refractivity contribution in [3.63, 3.8) is 0 Å². The maximum absolute atomic E-state index is 8.71. The van der Waals surface area contributed by atoms with E-state index in [1.165, 1.54) is 7.05 Å². The van der Waals surface area contributed by atoms with Gasteiger partial charge < -0.3 is 9.79 Å². The van der Waals surface area contributed by atoms with E-state index in [1.54, 1.807) is 0 Å². The molecule has 0 unspecified atom stereocenters. The van der Waals surface area contributed by atoms with E-state index in [4.69, 9.17) is 9.79 Å². The predicted molar refractivity (Wildman–Crippen MR) is 41.8 cm³/mol. The lowest BCUT2D eigenvalue weighted by Gasteiger charge is -2.02. The fourth-order valence-corrected chi connectivity index (χ4v) is 0.437. The van der Waals surface area contributed by atoms with Gasteiger partial charge in [0.15, 0.2) is 0 Å². The molecule has 58 valence electrons. The molecule has 0 aliphatic rings. The van der Waals surface area contributed by atoms with Crippen molar-refractivity contribution in [3.8, 4) is 0 Å². The summed E-state index contributed by atoms with van der Waals surface area (Å²) in [6.45, 7) is -0.240. The molecule has 0 saturated carbocycles. The van der Waals surface area contributed by atoms with Crippen LogP contribution in [0.15, 0.2) is 22.4 Å². The van der Waals surface area contributed by atoms with Gasteiger partial charge in [-0.25, -0.2) is 0 Å². The van der Waals surface area contributed by atoms with Crippen molar-refractivity contribution < 1.29 is 9.79 Å². The molecule has 0 aromatic rings. The van der Waals surface area contributed by atoms with Crippen LogP contribution in [-0.2, 0) is 11.8 Å². The molecule has 5 nitrogen and oxygen atoms in total. The van der Waals surface area contributed by atoms with E-state index in [1.807, 2.05) is 0 Å². The Morgan fingerprint density at radius 2 is 2.20 bits per heavy atom. The first kappa shape index (κ1) is 9.71. The van der Waals surface area contributed by atoms with Gasteiger partial charge in [0, 0.05) is 7.05 Å². The fraction of sp³-hybridized carbons (Fsp3) is 0.333. The molecule has 0 aromatic heterocycles. The summed E-state index contributed by atoms with van der Waals surface area (Å²) in [5.41, 5.74) is 2.13. The molecule has 0 saturated heterocycles. The van der Waals surface area contributed by atoms with E-state index in [-0.39, 0.29) is 5.44 Å². The minimum atomic E-state index is -3.45. The van der Waals surface area contributed by atoms with Crippen LogP contribution in [0.25, 0.3) is 0 Å². The smallest absolute Gasteiger partial charge is 0.234 e. The molecule has 0 bridgehead atoms. The van der Waals surface area contributed by atoms with Gasteiger partial charge >= 0.3 is 0 Å². The van der Waals surface area contributed by atoms with Crippen LogP contribution >= 0.6 is 6.49 Å². The Kier molecular flexibility index (Phi) is 3.67. The summed E-state index contributed by atoms with van der Waals surface area (Å²) in [5, 5.41) is 6.53. The van der Waals surface area contributed by atoms with Gasteiger partial charge in [-0.1, -0.05) is 11.8 Å². The van der Waals surface area contributed by atoms with E-state index < -0.39 is 6.49 Å². The van der Waals surface area contributed by atoms with Crippen molar-refractivity contribution in [2.45, 2.75) is 0 Å². The van der Waals surface area contributed by atoms with Crippen LogP contribution in [-0.4, -0.2) is 16.8 Å². The predicted octanol–water partition coefficient (Wildman–Crippen LogP) is 0.338. The minimum absolute atomic E-state index is 0.183. The summed E-state index contributed by atoms with van der Waals surface area (Å²) >= 11 is 4.26. The van der Waals surface area contributed by atoms with Crippen LogP contribution in [0.4, 0.5) is 0 Å². The van der Waals surface area contributed by atoms with Gasteiger partial charge in [-0.2, -0.15) is 0 Å². The van der Waals surface area contributed by atoms with Gasteiger partial charge in [0.05, 0.1) is 0 Å². The Morgan fingerprint density at radius 1 is 1.70 bits per heavy atom. The van der Waals surface area contributed by atoms with Crippen LogP contribution in [0.1, 0.15) is 0 Å². The van der Waals surface area contributed by atoms with Crippen LogP contribution in [0, 0.1) is 0 Å². The Hall–Kier alpha value is -0.290. The van der Waals surface area contributed by atoms with Gasteiger partial charge in [-0.15, -0.1) is 5.11 Å². The second-order valence-corrected chi connectivity index (χ2v) is 4.52.